The zero-order valence-electron chi connectivity index (χ0n) is 22.7. The lowest BCUT2D eigenvalue weighted by Crippen LogP contribution is -2.38. The minimum Gasteiger partial charge on any atom is -0.234 e. The van der Waals surface area contributed by atoms with Gasteiger partial charge in [-0.25, -0.2) is 9.13 Å². The van der Waals surface area contributed by atoms with Gasteiger partial charge in [0.05, 0.1) is 19.0 Å². The first-order chi connectivity index (χ1) is 15.7. The molecule has 0 saturated heterocycles. The average Bonchev–Trinajstić information content (AvgIpc) is 3.19. The normalized spacial score (nSPS) is 11.7. The Balaban J connectivity index is 2.13. The van der Waals surface area contributed by atoms with Crippen molar-refractivity contribution in [3.63, 3.8) is 0 Å². The second kappa shape index (κ2) is 20.8. The molecule has 0 fully saturated rings. The topological polar surface area (TPSA) is 8.81 Å². The molecule has 0 aliphatic heterocycles. The lowest BCUT2D eigenvalue weighted by molar-refractivity contribution is -0.705. The molecule has 1 rings (SSSR count). The number of aromatic nitrogens is 2. The van der Waals surface area contributed by atoms with Crippen molar-refractivity contribution in [2.24, 2.45) is 0 Å². The minimum atomic E-state index is 0.608. The molecular formula is C30H59N2+. The predicted molar refractivity (Wildman–Crippen MR) is 142 cm³/mol. The molecule has 32 heavy (non-hydrogen) atoms. The average molecular weight is 448 g/mol. The van der Waals surface area contributed by atoms with Crippen LogP contribution in [-0.4, -0.2) is 4.57 Å². The quantitative estimate of drug-likeness (QED) is 0.117. The van der Waals surface area contributed by atoms with Crippen molar-refractivity contribution in [3.05, 3.63) is 18.2 Å². The minimum absolute atomic E-state index is 0.608. The van der Waals surface area contributed by atoms with Crippen LogP contribution >= 0.6 is 0 Å². The van der Waals surface area contributed by atoms with Crippen LogP contribution < -0.4 is 4.57 Å². The monoisotopic (exact) mass is 447 g/mol. The summed E-state index contributed by atoms with van der Waals surface area (Å²) in [5.74, 6) is 2.15. The summed E-state index contributed by atoms with van der Waals surface area (Å²) < 4.78 is 5.09. The fraction of sp³-hybridized carbons (Fsp3) is 0.900. The van der Waals surface area contributed by atoms with Crippen LogP contribution in [0.25, 0.3) is 0 Å². The molecular weight excluding hydrogens is 388 g/mol. The van der Waals surface area contributed by atoms with Crippen molar-refractivity contribution >= 4 is 0 Å². The van der Waals surface area contributed by atoms with Gasteiger partial charge >= 0.3 is 0 Å². The molecule has 2 heteroatoms. The van der Waals surface area contributed by atoms with Gasteiger partial charge in [-0.05, 0) is 25.7 Å². The molecule has 0 aliphatic carbocycles. The van der Waals surface area contributed by atoms with E-state index in [1.165, 1.54) is 147 Å². The molecule has 0 aromatic carbocycles. The molecule has 0 bridgehead atoms. The number of hydrogen-bond acceptors (Lipinski definition) is 0. The Bertz CT molecular complexity index is 517. The van der Waals surface area contributed by atoms with Gasteiger partial charge in [-0.3, -0.25) is 0 Å². The molecule has 0 saturated carbocycles. The van der Waals surface area contributed by atoms with E-state index in [0.29, 0.717) is 5.92 Å². The Morgan fingerprint density at radius 2 is 1.00 bits per heavy atom. The van der Waals surface area contributed by atoms with Crippen molar-refractivity contribution in [2.45, 2.75) is 175 Å². The van der Waals surface area contributed by atoms with Gasteiger partial charge in [-0.1, -0.05) is 130 Å². The second-order valence-electron chi connectivity index (χ2n) is 10.6. The molecule has 1 aromatic rings. The van der Waals surface area contributed by atoms with Crippen LogP contribution in [0.3, 0.4) is 0 Å². The Morgan fingerprint density at radius 3 is 1.44 bits per heavy atom. The van der Waals surface area contributed by atoms with Crippen molar-refractivity contribution in [1.82, 2.24) is 4.57 Å². The van der Waals surface area contributed by atoms with Crippen molar-refractivity contribution < 1.29 is 4.57 Å². The molecule has 0 aliphatic rings. The fourth-order valence-corrected chi connectivity index (χ4v) is 5.06. The van der Waals surface area contributed by atoms with Gasteiger partial charge in [-0.2, -0.15) is 0 Å². The predicted octanol–water partition coefficient (Wildman–Crippen LogP) is 9.74. The number of imidazole rings is 1. The molecule has 0 atom stereocenters. The fourth-order valence-electron chi connectivity index (χ4n) is 5.06. The summed E-state index contributed by atoms with van der Waals surface area (Å²) >= 11 is 0. The maximum Gasteiger partial charge on any atom is 0.258 e. The third-order valence-electron chi connectivity index (χ3n) is 7.04. The Morgan fingerprint density at radius 1 is 0.594 bits per heavy atom. The summed E-state index contributed by atoms with van der Waals surface area (Å²) in [5.41, 5.74) is 0. The van der Waals surface area contributed by atoms with E-state index in [1.54, 1.807) is 0 Å². The molecule has 0 radical (unpaired) electrons. The second-order valence-corrected chi connectivity index (χ2v) is 10.6. The summed E-state index contributed by atoms with van der Waals surface area (Å²) in [6.45, 7) is 11.7. The van der Waals surface area contributed by atoms with E-state index in [0.717, 1.165) is 0 Å². The first-order valence-electron chi connectivity index (χ1n) is 14.8. The van der Waals surface area contributed by atoms with E-state index in [4.69, 9.17) is 0 Å². The lowest BCUT2D eigenvalue weighted by atomic mass is 10.1. The van der Waals surface area contributed by atoms with Crippen LogP contribution in [0.2, 0.25) is 0 Å². The maximum atomic E-state index is 2.55. The number of aryl methyl sites for hydroxylation is 2. The highest BCUT2D eigenvalue weighted by Gasteiger charge is 2.19. The van der Waals surface area contributed by atoms with Gasteiger partial charge in [0.2, 0.25) is 0 Å². The van der Waals surface area contributed by atoms with Crippen LogP contribution in [0.15, 0.2) is 12.4 Å². The smallest absolute Gasteiger partial charge is 0.234 e. The van der Waals surface area contributed by atoms with E-state index in [1.807, 2.05) is 0 Å². The molecule has 188 valence electrons. The first-order valence-corrected chi connectivity index (χ1v) is 14.8. The van der Waals surface area contributed by atoms with Crippen LogP contribution in [0.1, 0.15) is 168 Å². The van der Waals surface area contributed by atoms with Gasteiger partial charge in [0.15, 0.2) is 0 Å². The number of hydrogen-bond donors (Lipinski definition) is 0. The van der Waals surface area contributed by atoms with Gasteiger partial charge in [0.1, 0.15) is 12.4 Å². The zero-order valence-corrected chi connectivity index (χ0v) is 22.7. The van der Waals surface area contributed by atoms with Crippen LogP contribution in [-0.2, 0) is 13.1 Å². The van der Waals surface area contributed by atoms with Gasteiger partial charge in [0, 0.05) is 0 Å². The van der Waals surface area contributed by atoms with Crippen molar-refractivity contribution in [1.29, 1.82) is 0 Å². The van der Waals surface area contributed by atoms with Gasteiger partial charge in [0.25, 0.3) is 5.82 Å². The number of nitrogens with zero attached hydrogens (tertiary/aromatic N) is 2. The number of rotatable bonds is 23. The zero-order chi connectivity index (χ0) is 23.3. The molecule has 2 nitrogen and oxygen atoms in total. The first kappa shape index (κ1) is 29.2. The van der Waals surface area contributed by atoms with E-state index < -0.39 is 0 Å². The number of unbranched alkanes of at least 4 members (excludes halogenated alkanes) is 18. The lowest BCUT2D eigenvalue weighted by Gasteiger charge is -2.08. The van der Waals surface area contributed by atoms with Crippen molar-refractivity contribution in [2.75, 3.05) is 0 Å². The van der Waals surface area contributed by atoms with Crippen molar-refractivity contribution in [3.8, 4) is 0 Å². The third kappa shape index (κ3) is 14.4. The van der Waals surface area contributed by atoms with E-state index in [-0.39, 0.29) is 0 Å². The van der Waals surface area contributed by atoms with E-state index in [2.05, 4.69) is 49.2 Å². The van der Waals surface area contributed by atoms with E-state index >= 15 is 0 Å². The largest absolute Gasteiger partial charge is 0.258 e. The molecule has 0 N–H and O–H groups in total. The molecule has 0 spiro atoms. The standard InChI is InChI=1S/C30H59N2/c1-5-7-9-11-13-15-16-17-18-20-22-24-26-32-28-27-31(30(32)29(3)4)25-23-21-19-14-12-10-8-6-2/h27-29H,5-26H2,1-4H3/q+1. The van der Waals surface area contributed by atoms with E-state index in [9.17, 15) is 0 Å². The third-order valence-corrected chi connectivity index (χ3v) is 7.04. The summed E-state index contributed by atoms with van der Waals surface area (Å²) in [7, 11) is 0. The van der Waals surface area contributed by atoms with Gasteiger partial charge < -0.3 is 0 Å². The Labute approximate surface area is 202 Å². The summed E-state index contributed by atoms with van der Waals surface area (Å²) in [4.78, 5) is 0. The molecule has 0 amide bonds. The highest BCUT2D eigenvalue weighted by molar-refractivity contribution is 4.89. The highest BCUT2D eigenvalue weighted by atomic mass is 15.1. The van der Waals surface area contributed by atoms with Gasteiger partial charge in [-0.15, -0.1) is 0 Å². The summed E-state index contributed by atoms with van der Waals surface area (Å²) in [6.07, 6.45) is 33.0. The highest BCUT2D eigenvalue weighted by Crippen LogP contribution is 2.15. The van der Waals surface area contributed by atoms with Crippen LogP contribution in [0, 0.1) is 0 Å². The SMILES string of the molecule is CCCCCCCCCCCCCCn1cc[n+](CCCCCCCCCC)c1C(C)C. The Kier molecular flexibility index (Phi) is 19.0. The maximum absolute atomic E-state index is 2.55. The molecule has 0 unspecified atom stereocenters. The summed E-state index contributed by atoms with van der Waals surface area (Å²) in [6, 6.07) is 0. The Hall–Kier alpha value is -0.790. The molecule has 1 aromatic heterocycles. The van der Waals surface area contributed by atoms with Crippen LogP contribution in [0.5, 0.6) is 0 Å². The van der Waals surface area contributed by atoms with Crippen LogP contribution in [0.4, 0.5) is 0 Å². The summed E-state index contributed by atoms with van der Waals surface area (Å²) in [5, 5.41) is 0. The molecule has 1 heterocycles.